The largest absolute Gasteiger partial charge is 0.481 e. The third-order valence-corrected chi connectivity index (χ3v) is 3.42. The lowest BCUT2D eigenvalue weighted by atomic mass is 9.96. The number of hydrogen-bond acceptors (Lipinski definition) is 4. The van der Waals surface area contributed by atoms with E-state index in [0.29, 0.717) is 19.4 Å². The van der Waals surface area contributed by atoms with E-state index < -0.39 is 11.5 Å². The molecular formula is C12H16N2O2S. The van der Waals surface area contributed by atoms with Crippen LogP contribution in [-0.4, -0.2) is 16.6 Å². The maximum Gasteiger partial charge on any atom is 0.303 e. The standard InChI is InChI=1S/C12H16N2O2S/c1-12(9-13,6-2-5-11(15)16)14-8-10-4-3-7-17-10/h3-4,7,14H,2,5-6,8H2,1H3,(H,15,16). The number of rotatable bonds is 7. The van der Waals surface area contributed by atoms with Crippen LogP contribution in [0.15, 0.2) is 17.5 Å². The van der Waals surface area contributed by atoms with E-state index in [1.54, 1.807) is 11.3 Å². The fourth-order valence-electron chi connectivity index (χ4n) is 1.47. The van der Waals surface area contributed by atoms with Crippen LogP contribution in [-0.2, 0) is 11.3 Å². The molecule has 5 heteroatoms. The van der Waals surface area contributed by atoms with Crippen molar-refractivity contribution in [2.75, 3.05) is 0 Å². The van der Waals surface area contributed by atoms with Crippen LogP contribution in [0.4, 0.5) is 0 Å². The second kappa shape index (κ2) is 6.38. The lowest BCUT2D eigenvalue weighted by molar-refractivity contribution is -0.137. The van der Waals surface area contributed by atoms with Crippen molar-refractivity contribution in [2.45, 2.75) is 38.3 Å². The summed E-state index contributed by atoms with van der Waals surface area (Å²) >= 11 is 1.64. The molecule has 2 N–H and O–H groups in total. The van der Waals surface area contributed by atoms with Crippen molar-refractivity contribution in [2.24, 2.45) is 0 Å². The average molecular weight is 252 g/mol. The minimum absolute atomic E-state index is 0.109. The Morgan fingerprint density at radius 1 is 1.71 bits per heavy atom. The van der Waals surface area contributed by atoms with E-state index in [2.05, 4.69) is 11.4 Å². The maximum atomic E-state index is 10.4. The summed E-state index contributed by atoms with van der Waals surface area (Å²) in [6.07, 6.45) is 1.16. The fraction of sp³-hybridized carbons (Fsp3) is 0.500. The Morgan fingerprint density at radius 2 is 2.47 bits per heavy atom. The Morgan fingerprint density at radius 3 is 3.00 bits per heavy atom. The lowest BCUT2D eigenvalue weighted by Gasteiger charge is -2.22. The van der Waals surface area contributed by atoms with Crippen molar-refractivity contribution in [3.63, 3.8) is 0 Å². The van der Waals surface area contributed by atoms with Crippen molar-refractivity contribution >= 4 is 17.3 Å². The number of hydrogen-bond donors (Lipinski definition) is 2. The molecule has 17 heavy (non-hydrogen) atoms. The lowest BCUT2D eigenvalue weighted by Crippen LogP contribution is -2.40. The summed E-state index contributed by atoms with van der Waals surface area (Å²) in [5.74, 6) is -0.816. The molecule has 0 saturated carbocycles. The van der Waals surface area contributed by atoms with Crippen LogP contribution in [0, 0.1) is 11.3 Å². The molecule has 0 bridgehead atoms. The minimum Gasteiger partial charge on any atom is -0.481 e. The highest BCUT2D eigenvalue weighted by atomic mass is 32.1. The molecule has 0 aliphatic heterocycles. The van der Waals surface area contributed by atoms with Gasteiger partial charge < -0.3 is 5.11 Å². The van der Waals surface area contributed by atoms with Gasteiger partial charge in [0.1, 0.15) is 5.54 Å². The second-order valence-electron chi connectivity index (χ2n) is 4.12. The van der Waals surface area contributed by atoms with Gasteiger partial charge in [0.2, 0.25) is 0 Å². The Kier molecular flexibility index (Phi) is 5.13. The molecule has 1 rings (SSSR count). The summed E-state index contributed by atoms with van der Waals surface area (Å²) in [7, 11) is 0. The molecule has 0 radical (unpaired) electrons. The van der Waals surface area contributed by atoms with Gasteiger partial charge in [-0.15, -0.1) is 11.3 Å². The molecule has 0 fully saturated rings. The van der Waals surface area contributed by atoms with Gasteiger partial charge in [-0.2, -0.15) is 5.26 Å². The van der Waals surface area contributed by atoms with Gasteiger partial charge in [-0.05, 0) is 31.2 Å². The number of carbonyl (C=O) groups is 1. The quantitative estimate of drug-likeness (QED) is 0.781. The Bertz CT molecular complexity index is 397. The highest BCUT2D eigenvalue weighted by Crippen LogP contribution is 2.15. The van der Waals surface area contributed by atoms with Gasteiger partial charge in [0.15, 0.2) is 0 Å². The molecule has 0 amide bonds. The first-order chi connectivity index (χ1) is 8.06. The van der Waals surface area contributed by atoms with E-state index in [1.165, 1.54) is 4.88 Å². The summed E-state index contributed by atoms with van der Waals surface area (Å²) in [4.78, 5) is 11.6. The van der Waals surface area contributed by atoms with E-state index in [-0.39, 0.29) is 6.42 Å². The Balaban J connectivity index is 2.40. The molecule has 4 nitrogen and oxygen atoms in total. The molecule has 0 saturated heterocycles. The predicted octanol–water partition coefficient (Wildman–Crippen LogP) is 2.37. The van der Waals surface area contributed by atoms with Crippen LogP contribution in [0.5, 0.6) is 0 Å². The van der Waals surface area contributed by atoms with Crippen molar-refractivity contribution in [3.8, 4) is 6.07 Å². The van der Waals surface area contributed by atoms with Crippen LogP contribution >= 0.6 is 11.3 Å². The number of aliphatic carboxylic acids is 1. The molecule has 0 spiro atoms. The minimum atomic E-state index is -0.816. The highest BCUT2D eigenvalue weighted by molar-refractivity contribution is 7.09. The first kappa shape index (κ1) is 13.7. The summed E-state index contributed by atoms with van der Waals surface area (Å²) in [5, 5.41) is 22.9. The van der Waals surface area contributed by atoms with E-state index in [0.717, 1.165) is 0 Å². The molecule has 1 aromatic rings. The molecular weight excluding hydrogens is 236 g/mol. The van der Waals surface area contributed by atoms with E-state index in [9.17, 15) is 4.79 Å². The van der Waals surface area contributed by atoms with Crippen molar-refractivity contribution in [1.82, 2.24) is 5.32 Å². The predicted molar refractivity (Wildman–Crippen MR) is 66.7 cm³/mol. The van der Waals surface area contributed by atoms with Crippen LogP contribution in [0.25, 0.3) is 0 Å². The van der Waals surface area contributed by atoms with Crippen molar-refractivity contribution in [3.05, 3.63) is 22.4 Å². The molecule has 0 aromatic carbocycles. The van der Waals surface area contributed by atoms with Crippen LogP contribution in [0.1, 0.15) is 31.1 Å². The van der Waals surface area contributed by atoms with Crippen LogP contribution in [0.3, 0.4) is 0 Å². The molecule has 1 heterocycles. The zero-order chi connectivity index (χ0) is 12.7. The number of carboxylic acid groups (broad SMARTS) is 1. The molecule has 1 aromatic heterocycles. The van der Waals surface area contributed by atoms with Gasteiger partial charge in [0.25, 0.3) is 0 Å². The van der Waals surface area contributed by atoms with E-state index in [4.69, 9.17) is 10.4 Å². The molecule has 1 atom stereocenters. The number of nitrogens with one attached hydrogen (secondary N) is 1. The zero-order valence-corrected chi connectivity index (χ0v) is 10.6. The maximum absolute atomic E-state index is 10.4. The zero-order valence-electron chi connectivity index (χ0n) is 9.77. The first-order valence-corrected chi connectivity index (χ1v) is 6.34. The molecule has 0 aliphatic carbocycles. The monoisotopic (exact) mass is 252 g/mol. The highest BCUT2D eigenvalue weighted by Gasteiger charge is 2.22. The third kappa shape index (κ3) is 4.98. The summed E-state index contributed by atoms with van der Waals surface area (Å²) in [6, 6.07) is 6.19. The molecule has 92 valence electrons. The average Bonchev–Trinajstić information content (AvgIpc) is 2.79. The number of carboxylic acids is 1. The SMILES string of the molecule is CC(C#N)(CCCC(=O)O)NCc1cccs1. The third-order valence-electron chi connectivity index (χ3n) is 2.55. The normalized spacial score (nSPS) is 13.9. The van der Waals surface area contributed by atoms with Gasteiger partial charge in [0.05, 0.1) is 6.07 Å². The first-order valence-electron chi connectivity index (χ1n) is 5.46. The second-order valence-corrected chi connectivity index (χ2v) is 5.16. The van der Waals surface area contributed by atoms with E-state index in [1.807, 2.05) is 24.4 Å². The van der Waals surface area contributed by atoms with Gasteiger partial charge in [0, 0.05) is 17.8 Å². The fourth-order valence-corrected chi connectivity index (χ4v) is 2.12. The Hall–Kier alpha value is -1.38. The van der Waals surface area contributed by atoms with Gasteiger partial charge in [-0.25, -0.2) is 0 Å². The summed E-state index contributed by atoms with van der Waals surface area (Å²) in [6.45, 7) is 2.46. The van der Waals surface area contributed by atoms with Crippen molar-refractivity contribution < 1.29 is 9.90 Å². The number of nitrogens with zero attached hydrogens (tertiary/aromatic N) is 1. The number of nitriles is 1. The smallest absolute Gasteiger partial charge is 0.303 e. The topological polar surface area (TPSA) is 73.1 Å². The van der Waals surface area contributed by atoms with Gasteiger partial charge >= 0.3 is 5.97 Å². The molecule has 1 unspecified atom stereocenters. The van der Waals surface area contributed by atoms with Crippen LogP contribution < -0.4 is 5.32 Å². The number of thiophene rings is 1. The van der Waals surface area contributed by atoms with Crippen LogP contribution in [0.2, 0.25) is 0 Å². The van der Waals surface area contributed by atoms with Gasteiger partial charge in [-0.3, -0.25) is 10.1 Å². The summed E-state index contributed by atoms with van der Waals surface area (Å²) in [5.41, 5.74) is -0.653. The molecule has 0 aliphatic rings. The van der Waals surface area contributed by atoms with E-state index >= 15 is 0 Å². The van der Waals surface area contributed by atoms with Gasteiger partial charge in [-0.1, -0.05) is 6.07 Å². The summed E-state index contributed by atoms with van der Waals surface area (Å²) < 4.78 is 0. The van der Waals surface area contributed by atoms with Crippen molar-refractivity contribution in [1.29, 1.82) is 5.26 Å². The Labute approximate surface area is 105 Å².